The molecule has 0 aliphatic rings. The summed E-state index contributed by atoms with van der Waals surface area (Å²) < 4.78 is 40.4. The topological polar surface area (TPSA) is 17.1 Å². The van der Waals surface area contributed by atoms with Gasteiger partial charge in [0.2, 0.25) is 0 Å². The van der Waals surface area contributed by atoms with Crippen molar-refractivity contribution in [2.45, 2.75) is 6.42 Å². The summed E-state index contributed by atoms with van der Waals surface area (Å²) in [4.78, 5) is 11.9. The van der Waals surface area contributed by atoms with Gasteiger partial charge in [0.1, 0.15) is 17.5 Å². The van der Waals surface area contributed by atoms with Crippen LogP contribution >= 0.6 is 15.9 Å². The van der Waals surface area contributed by atoms with E-state index in [0.717, 1.165) is 24.3 Å². The Morgan fingerprint density at radius 3 is 2.42 bits per heavy atom. The Labute approximate surface area is 116 Å². The molecule has 0 saturated heterocycles. The van der Waals surface area contributed by atoms with Crippen LogP contribution in [0.5, 0.6) is 0 Å². The molecule has 2 rings (SSSR count). The lowest BCUT2D eigenvalue weighted by Gasteiger charge is -2.05. The van der Waals surface area contributed by atoms with Crippen molar-refractivity contribution in [2.75, 3.05) is 0 Å². The van der Waals surface area contributed by atoms with Crippen LogP contribution in [0.15, 0.2) is 40.9 Å². The number of hydrogen-bond donors (Lipinski definition) is 0. The van der Waals surface area contributed by atoms with Gasteiger partial charge in [-0.25, -0.2) is 13.2 Å². The molecule has 0 radical (unpaired) electrons. The highest BCUT2D eigenvalue weighted by Gasteiger charge is 2.15. The quantitative estimate of drug-likeness (QED) is 0.768. The Balaban J connectivity index is 2.30. The van der Waals surface area contributed by atoms with Crippen LogP contribution in [0.25, 0.3) is 0 Å². The van der Waals surface area contributed by atoms with Crippen LogP contribution in [0.1, 0.15) is 15.9 Å². The lowest BCUT2D eigenvalue weighted by Crippen LogP contribution is -2.08. The molecule has 19 heavy (non-hydrogen) atoms. The lowest BCUT2D eigenvalue weighted by atomic mass is 10.0. The first-order valence-electron chi connectivity index (χ1n) is 5.39. The molecule has 0 amide bonds. The van der Waals surface area contributed by atoms with E-state index in [1.807, 2.05) is 0 Å². The maximum absolute atomic E-state index is 13.5. The van der Waals surface area contributed by atoms with Crippen molar-refractivity contribution in [1.29, 1.82) is 0 Å². The average molecular weight is 329 g/mol. The fourth-order valence-electron chi connectivity index (χ4n) is 1.66. The molecule has 2 aromatic rings. The van der Waals surface area contributed by atoms with Gasteiger partial charge in [-0.3, -0.25) is 4.79 Å². The summed E-state index contributed by atoms with van der Waals surface area (Å²) in [7, 11) is 0. The zero-order valence-electron chi connectivity index (χ0n) is 9.59. The second kappa shape index (κ2) is 5.57. The van der Waals surface area contributed by atoms with Crippen LogP contribution in [0.3, 0.4) is 0 Å². The van der Waals surface area contributed by atoms with Crippen molar-refractivity contribution < 1.29 is 18.0 Å². The zero-order chi connectivity index (χ0) is 14.0. The molecule has 0 aromatic heterocycles. The third-order valence-electron chi connectivity index (χ3n) is 2.59. The molecule has 0 aliphatic carbocycles. The Kier molecular flexibility index (Phi) is 4.04. The number of halogens is 4. The average Bonchev–Trinajstić information content (AvgIpc) is 2.36. The minimum atomic E-state index is -0.690. The number of ketones is 1. The molecule has 0 saturated carbocycles. The van der Waals surface area contributed by atoms with Crippen molar-refractivity contribution in [3.63, 3.8) is 0 Å². The SMILES string of the molecule is O=C(Cc1cc(F)ccc1F)c1cc(Br)ccc1F. The van der Waals surface area contributed by atoms with Gasteiger partial charge in [0.15, 0.2) is 5.78 Å². The highest BCUT2D eigenvalue weighted by molar-refractivity contribution is 9.10. The molecule has 0 bridgehead atoms. The maximum atomic E-state index is 13.5. The van der Waals surface area contributed by atoms with E-state index in [2.05, 4.69) is 15.9 Å². The van der Waals surface area contributed by atoms with Crippen LogP contribution in [-0.2, 0) is 6.42 Å². The number of hydrogen-bond acceptors (Lipinski definition) is 1. The Morgan fingerprint density at radius 2 is 1.68 bits per heavy atom. The first-order chi connectivity index (χ1) is 8.97. The fraction of sp³-hybridized carbons (Fsp3) is 0.0714. The number of carbonyl (C=O) groups excluding carboxylic acids is 1. The molecule has 0 fully saturated rings. The predicted molar refractivity (Wildman–Crippen MR) is 68.5 cm³/mol. The third kappa shape index (κ3) is 3.23. The monoisotopic (exact) mass is 328 g/mol. The minimum Gasteiger partial charge on any atom is -0.294 e. The Bertz CT molecular complexity index is 641. The van der Waals surface area contributed by atoms with Gasteiger partial charge >= 0.3 is 0 Å². The Morgan fingerprint density at radius 1 is 1.00 bits per heavy atom. The summed E-state index contributed by atoms with van der Waals surface area (Å²) in [5.74, 6) is -2.63. The molecule has 0 aliphatic heterocycles. The van der Waals surface area contributed by atoms with Gasteiger partial charge in [0, 0.05) is 10.9 Å². The van der Waals surface area contributed by atoms with E-state index in [4.69, 9.17) is 0 Å². The van der Waals surface area contributed by atoms with E-state index in [1.165, 1.54) is 12.1 Å². The molecule has 98 valence electrons. The molecule has 0 unspecified atom stereocenters. The van der Waals surface area contributed by atoms with Crippen LogP contribution in [-0.4, -0.2) is 5.78 Å². The van der Waals surface area contributed by atoms with Crippen molar-refractivity contribution in [2.24, 2.45) is 0 Å². The molecule has 5 heteroatoms. The van der Waals surface area contributed by atoms with Crippen LogP contribution < -0.4 is 0 Å². The fourth-order valence-corrected chi connectivity index (χ4v) is 2.02. The first kappa shape index (κ1) is 13.8. The van der Waals surface area contributed by atoms with Crippen molar-refractivity contribution in [3.8, 4) is 0 Å². The van der Waals surface area contributed by atoms with E-state index >= 15 is 0 Å². The van der Waals surface area contributed by atoms with Crippen molar-refractivity contribution >= 4 is 21.7 Å². The molecule has 2 aromatic carbocycles. The minimum absolute atomic E-state index is 0.0932. The van der Waals surface area contributed by atoms with Crippen molar-refractivity contribution in [3.05, 3.63) is 69.4 Å². The normalized spacial score (nSPS) is 10.5. The predicted octanol–water partition coefficient (Wildman–Crippen LogP) is 4.29. The van der Waals surface area contributed by atoms with Gasteiger partial charge in [-0.15, -0.1) is 0 Å². The highest BCUT2D eigenvalue weighted by atomic mass is 79.9. The molecule has 0 heterocycles. The van der Waals surface area contributed by atoms with E-state index < -0.39 is 29.7 Å². The maximum Gasteiger partial charge on any atom is 0.170 e. The summed E-state index contributed by atoms with van der Waals surface area (Å²) in [5, 5.41) is 0. The van der Waals surface area contributed by atoms with Gasteiger partial charge in [-0.1, -0.05) is 15.9 Å². The van der Waals surface area contributed by atoms with E-state index in [-0.39, 0.29) is 11.1 Å². The van der Waals surface area contributed by atoms with Gasteiger partial charge in [-0.2, -0.15) is 0 Å². The standard InChI is InChI=1S/C14H8BrF3O/c15-9-1-3-13(18)11(7-9)14(19)6-8-5-10(16)2-4-12(8)17/h1-5,7H,6H2. The molecule has 1 nitrogen and oxygen atoms in total. The number of Topliss-reactive ketones (excluding diaryl/α,β-unsaturated/α-hetero) is 1. The number of rotatable bonds is 3. The summed E-state index contributed by atoms with van der Waals surface area (Å²) in [6.45, 7) is 0. The molecule has 0 atom stereocenters. The van der Waals surface area contributed by atoms with Gasteiger partial charge < -0.3 is 0 Å². The van der Waals surface area contributed by atoms with Gasteiger partial charge in [-0.05, 0) is 42.0 Å². The van der Waals surface area contributed by atoms with Gasteiger partial charge in [0.05, 0.1) is 5.56 Å². The van der Waals surface area contributed by atoms with Crippen LogP contribution in [0, 0.1) is 17.5 Å². The van der Waals surface area contributed by atoms with Gasteiger partial charge in [0.25, 0.3) is 0 Å². The first-order valence-corrected chi connectivity index (χ1v) is 6.19. The molecular formula is C14H8BrF3O. The largest absolute Gasteiger partial charge is 0.294 e. The number of carbonyl (C=O) groups is 1. The molecule has 0 spiro atoms. The van der Waals surface area contributed by atoms with E-state index in [9.17, 15) is 18.0 Å². The van der Waals surface area contributed by atoms with E-state index in [1.54, 1.807) is 0 Å². The van der Waals surface area contributed by atoms with Crippen molar-refractivity contribution in [1.82, 2.24) is 0 Å². The Hall–Kier alpha value is -1.62. The third-order valence-corrected chi connectivity index (χ3v) is 3.08. The highest BCUT2D eigenvalue weighted by Crippen LogP contribution is 2.19. The molecular weight excluding hydrogens is 321 g/mol. The second-order valence-corrected chi connectivity index (χ2v) is 4.88. The second-order valence-electron chi connectivity index (χ2n) is 3.96. The summed E-state index contributed by atoms with van der Waals surface area (Å²) >= 11 is 3.12. The van der Waals surface area contributed by atoms with E-state index in [0.29, 0.717) is 4.47 Å². The molecule has 0 N–H and O–H groups in total. The van der Waals surface area contributed by atoms with Crippen LogP contribution in [0.2, 0.25) is 0 Å². The zero-order valence-corrected chi connectivity index (χ0v) is 11.2. The summed E-state index contributed by atoms with van der Waals surface area (Å²) in [6.07, 6.45) is -0.392. The summed E-state index contributed by atoms with van der Waals surface area (Å²) in [6, 6.07) is 6.74. The smallest absolute Gasteiger partial charge is 0.170 e. The van der Waals surface area contributed by atoms with Crippen LogP contribution in [0.4, 0.5) is 13.2 Å². The number of benzene rings is 2. The lowest BCUT2D eigenvalue weighted by molar-refractivity contribution is 0.0988. The summed E-state index contributed by atoms with van der Waals surface area (Å²) in [5.41, 5.74) is -0.248.